The van der Waals surface area contributed by atoms with Gasteiger partial charge in [0.1, 0.15) is 17.7 Å². The van der Waals surface area contributed by atoms with Crippen molar-refractivity contribution in [2.45, 2.75) is 54.2 Å². The van der Waals surface area contributed by atoms with Gasteiger partial charge in [-0.15, -0.1) is 11.3 Å². The first-order valence-electron chi connectivity index (χ1n) is 12.4. The lowest BCUT2D eigenvalue weighted by Crippen LogP contribution is -2.39. The van der Waals surface area contributed by atoms with Gasteiger partial charge < -0.3 is 10.1 Å². The fourth-order valence-electron chi connectivity index (χ4n) is 4.55. The van der Waals surface area contributed by atoms with Crippen molar-refractivity contribution in [3.8, 4) is 11.4 Å². The van der Waals surface area contributed by atoms with Gasteiger partial charge >= 0.3 is 0 Å². The van der Waals surface area contributed by atoms with E-state index in [4.69, 9.17) is 4.74 Å². The second kappa shape index (κ2) is 11.4. The largest absolute Gasteiger partial charge is 0.484 e. The van der Waals surface area contributed by atoms with Crippen LogP contribution in [0, 0.1) is 33.5 Å². The lowest BCUT2D eigenvalue weighted by Gasteiger charge is -2.28. The maximum absolute atomic E-state index is 13.4. The van der Waals surface area contributed by atoms with Gasteiger partial charge in [0.2, 0.25) is 0 Å². The quantitative estimate of drug-likeness (QED) is 0.231. The van der Waals surface area contributed by atoms with Crippen LogP contribution in [0.15, 0.2) is 67.0 Å². The van der Waals surface area contributed by atoms with E-state index in [1.165, 1.54) is 29.0 Å². The number of hydrogen-bond acceptors (Lipinski definition) is 5. The average Bonchev–Trinajstić information content (AvgIpc) is 3.51. The molecule has 0 unspecified atom stereocenters. The molecule has 8 heteroatoms. The number of carbonyl (C=O) groups is 1. The van der Waals surface area contributed by atoms with Crippen LogP contribution in [0.25, 0.3) is 16.6 Å². The zero-order chi connectivity index (χ0) is 27.0. The minimum absolute atomic E-state index is 0. The van der Waals surface area contributed by atoms with Crippen LogP contribution in [0.3, 0.4) is 0 Å². The highest BCUT2D eigenvalue weighted by Gasteiger charge is 2.27. The second-order valence-electron chi connectivity index (χ2n) is 9.62. The predicted octanol–water partition coefficient (Wildman–Crippen LogP) is 7.43. The van der Waals surface area contributed by atoms with Gasteiger partial charge in [-0.2, -0.15) is 5.10 Å². The molecule has 0 bridgehead atoms. The number of thiazole rings is 1. The fourth-order valence-corrected chi connectivity index (χ4v) is 5.21. The van der Waals surface area contributed by atoms with Crippen molar-refractivity contribution < 1.29 is 13.9 Å². The Bertz CT molecular complexity index is 1620. The number of amides is 1. The minimum atomic E-state index is -0.441. The number of aryl methyl sites for hydroxylation is 4. The summed E-state index contributed by atoms with van der Waals surface area (Å²) in [5.41, 5.74) is 6.11. The van der Waals surface area contributed by atoms with Gasteiger partial charge in [0.15, 0.2) is 5.01 Å². The Morgan fingerprint density at radius 1 is 0.974 bits per heavy atom. The third-order valence-electron chi connectivity index (χ3n) is 6.69. The summed E-state index contributed by atoms with van der Waals surface area (Å²) in [5, 5.41) is 8.91. The lowest BCUT2D eigenvalue weighted by molar-refractivity contribution is 0.0881. The molecule has 3 aromatic carbocycles. The molecule has 0 saturated carbocycles. The molecular weight excluding hydrogens is 511 g/mol. The Morgan fingerprint density at radius 3 is 2.38 bits per heavy atom. The number of benzene rings is 3. The SMILES string of the molecule is C.Cc1cnc(C(=O)N[C@@H](C)[C@H](Oc2ccc3c(cnn3-c3ccc(F)cc3)c2)c2cc(C)c(C)cc2C)s1. The normalized spacial score (nSPS) is 12.6. The molecular formula is C31H33FN4O2S. The molecule has 202 valence electrons. The number of nitrogens with one attached hydrogen (secondary N) is 1. The van der Waals surface area contributed by atoms with Gasteiger partial charge in [-0.1, -0.05) is 19.6 Å². The van der Waals surface area contributed by atoms with Crippen LogP contribution in [0.5, 0.6) is 5.75 Å². The first kappa shape index (κ1) is 28.0. The average molecular weight is 545 g/mol. The lowest BCUT2D eigenvalue weighted by atomic mass is 9.94. The number of fused-ring (bicyclic) bond motifs is 1. The Labute approximate surface area is 232 Å². The maximum atomic E-state index is 13.4. The molecule has 2 atom stereocenters. The first-order valence-corrected chi connectivity index (χ1v) is 13.2. The van der Waals surface area contributed by atoms with E-state index in [9.17, 15) is 9.18 Å². The van der Waals surface area contributed by atoms with E-state index in [-0.39, 0.29) is 25.2 Å². The summed E-state index contributed by atoms with van der Waals surface area (Å²) in [7, 11) is 0. The highest BCUT2D eigenvalue weighted by atomic mass is 32.1. The van der Waals surface area contributed by atoms with Crippen molar-refractivity contribution in [2.75, 3.05) is 0 Å². The van der Waals surface area contributed by atoms with Crippen LogP contribution in [0.1, 0.15) is 57.4 Å². The van der Waals surface area contributed by atoms with Crippen LogP contribution in [-0.4, -0.2) is 26.7 Å². The number of ether oxygens (including phenoxy) is 1. The van der Waals surface area contributed by atoms with Crippen LogP contribution in [0.2, 0.25) is 0 Å². The molecule has 0 saturated heterocycles. The van der Waals surface area contributed by atoms with E-state index in [1.54, 1.807) is 29.2 Å². The third-order valence-corrected chi connectivity index (χ3v) is 7.60. The van der Waals surface area contributed by atoms with Gasteiger partial charge in [-0.3, -0.25) is 4.79 Å². The molecule has 2 aromatic heterocycles. The van der Waals surface area contributed by atoms with Gasteiger partial charge in [0.05, 0.1) is 23.4 Å². The standard InChI is InChI=1S/C30H29FN4O2S.CH4/c1-17-12-19(3)26(13-18(17)2)28(21(5)34-29(36)30-32-15-20(4)38-30)37-25-10-11-27-22(14-25)16-33-35(27)24-8-6-23(31)7-9-24;/h6-16,21,28H,1-5H3,(H,34,36);1H4/t21-,28-;/m0./s1. The summed E-state index contributed by atoms with van der Waals surface area (Å²) in [6.45, 7) is 10.1. The predicted molar refractivity (Wildman–Crippen MR) is 156 cm³/mol. The number of rotatable bonds is 7. The number of nitrogens with zero attached hydrogens (tertiary/aromatic N) is 3. The summed E-state index contributed by atoms with van der Waals surface area (Å²) in [4.78, 5) is 18.2. The van der Waals surface area contributed by atoms with Gasteiger partial charge in [-0.25, -0.2) is 14.1 Å². The third kappa shape index (κ3) is 5.86. The Hall–Kier alpha value is -4.04. The highest BCUT2D eigenvalue weighted by Crippen LogP contribution is 2.32. The molecule has 2 heterocycles. The van der Waals surface area contributed by atoms with Gasteiger partial charge in [0.25, 0.3) is 5.91 Å². The summed E-state index contributed by atoms with van der Waals surface area (Å²) in [5.74, 6) is 0.145. The number of aromatic nitrogens is 3. The molecule has 6 nitrogen and oxygen atoms in total. The molecule has 0 aliphatic carbocycles. The minimum Gasteiger partial charge on any atom is -0.484 e. The van der Waals surface area contributed by atoms with E-state index < -0.39 is 6.10 Å². The summed E-state index contributed by atoms with van der Waals surface area (Å²) in [6, 6.07) is 15.9. The van der Waals surface area contributed by atoms with Gasteiger partial charge in [-0.05, 0) is 99.3 Å². The second-order valence-corrected chi connectivity index (χ2v) is 10.9. The van der Waals surface area contributed by atoms with E-state index in [1.807, 2.05) is 32.0 Å². The van der Waals surface area contributed by atoms with Crippen LogP contribution in [-0.2, 0) is 0 Å². The molecule has 0 fully saturated rings. The summed E-state index contributed by atoms with van der Waals surface area (Å²) < 4.78 is 21.8. The summed E-state index contributed by atoms with van der Waals surface area (Å²) >= 11 is 1.37. The Kier molecular flexibility index (Phi) is 8.16. The molecule has 5 rings (SSSR count). The maximum Gasteiger partial charge on any atom is 0.280 e. The zero-order valence-electron chi connectivity index (χ0n) is 21.9. The highest BCUT2D eigenvalue weighted by molar-refractivity contribution is 7.13. The molecule has 5 aromatic rings. The zero-order valence-corrected chi connectivity index (χ0v) is 22.8. The molecule has 0 spiro atoms. The fraction of sp³-hybridized carbons (Fsp3) is 0.258. The van der Waals surface area contributed by atoms with Crippen molar-refractivity contribution in [3.63, 3.8) is 0 Å². The topological polar surface area (TPSA) is 69.0 Å². The Morgan fingerprint density at radius 2 is 1.69 bits per heavy atom. The van der Waals surface area contributed by atoms with Crippen LogP contribution < -0.4 is 10.1 Å². The van der Waals surface area contributed by atoms with E-state index >= 15 is 0 Å². The van der Waals surface area contributed by atoms with Gasteiger partial charge in [0, 0.05) is 16.5 Å². The van der Waals surface area contributed by atoms with E-state index in [0.717, 1.165) is 38.2 Å². The molecule has 1 N–H and O–H groups in total. The van der Waals surface area contributed by atoms with Crippen LogP contribution in [0.4, 0.5) is 4.39 Å². The molecule has 39 heavy (non-hydrogen) atoms. The van der Waals surface area contributed by atoms with E-state index in [2.05, 4.69) is 48.3 Å². The number of halogens is 1. The number of hydrogen-bond donors (Lipinski definition) is 1. The Balaban J connectivity index is 0.00000353. The van der Waals surface area contributed by atoms with Crippen molar-refractivity contribution in [1.29, 1.82) is 0 Å². The molecule has 0 aliphatic rings. The van der Waals surface area contributed by atoms with Crippen molar-refractivity contribution >= 4 is 28.1 Å². The summed E-state index contributed by atoms with van der Waals surface area (Å²) in [6.07, 6.45) is 3.02. The monoisotopic (exact) mass is 544 g/mol. The van der Waals surface area contributed by atoms with E-state index in [0.29, 0.717) is 10.8 Å². The van der Waals surface area contributed by atoms with Crippen LogP contribution >= 0.6 is 11.3 Å². The van der Waals surface area contributed by atoms with Crippen molar-refractivity contribution in [3.05, 3.63) is 105 Å². The number of carbonyl (C=O) groups excluding carboxylic acids is 1. The van der Waals surface area contributed by atoms with Crippen molar-refractivity contribution in [1.82, 2.24) is 20.1 Å². The molecule has 1 amide bonds. The molecule has 0 radical (unpaired) electrons. The first-order chi connectivity index (χ1) is 18.2. The molecule has 0 aliphatic heterocycles. The van der Waals surface area contributed by atoms with Crippen molar-refractivity contribution in [2.24, 2.45) is 0 Å². The smallest absolute Gasteiger partial charge is 0.280 e.